The monoisotopic (exact) mass is 393 g/mol. The molecule has 0 aliphatic heterocycles. The van der Waals surface area contributed by atoms with Crippen LogP contribution in [0.2, 0.25) is 0 Å². The van der Waals surface area contributed by atoms with Crippen molar-refractivity contribution < 1.29 is 9.53 Å². The number of benzene rings is 2. The summed E-state index contributed by atoms with van der Waals surface area (Å²) in [7, 11) is 1.66. The van der Waals surface area contributed by atoms with E-state index < -0.39 is 0 Å². The molecule has 1 aromatic heterocycles. The highest BCUT2D eigenvalue weighted by molar-refractivity contribution is 5.80. The largest absolute Gasteiger partial charge is 0.383 e. The lowest BCUT2D eigenvalue weighted by Crippen LogP contribution is -2.33. The SMILES string of the molecule is CCCCC(=O)N(CCOC)Cc1ccc(-c2ccccc2-c2nn[nH]n2)cc1. The topological polar surface area (TPSA) is 84.0 Å². The van der Waals surface area contributed by atoms with E-state index in [1.165, 1.54) is 0 Å². The Balaban J connectivity index is 1.77. The Hall–Kier alpha value is -3.06. The number of H-pyrrole nitrogens is 1. The van der Waals surface area contributed by atoms with Crippen molar-refractivity contribution in [2.45, 2.75) is 32.7 Å². The third kappa shape index (κ3) is 5.48. The molecule has 0 saturated carbocycles. The number of hydrogen-bond acceptors (Lipinski definition) is 5. The number of nitrogens with one attached hydrogen (secondary N) is 1. The number of tetrazole rings is 1. The van der Waals surface area contributed by atoms with E-state index in [1.54, 1.807) is 7.11 Å². The molecule has 7 heteroatoms. The second kappa shape index (κ2) is 10.5. The van der Waals surface area contributed by atoms with E-state index in [2.05, 4.69) is 51.8 Å². The predicted molar refractivity (Wildman–Crippen MR) is 112 cm³/mol. The first-order valence-corrected chi connectivity index (χ1v) is 9.91. The summed E-state index contributed by atoms with van der Waals surface area (Å²) >= 11 is 0. The van der Waals surface area contributed by atoms with Gasteiger partial charge in [-0.3, -0.25) is 4.79 Å². The molecule has 29 heavy (non-hydrogen) atoms. The Morgan fingerprint density at radius 2 is 1.86 bits per heavy atom. The third-order valence-corrected chi connectivity index (χ3v) is 4.81. The molecule has 0 spiro atoms. The zero-order valence-electron chi connectivity index (χ0n) is 17.0. The number of carbonyl (C=O) groups is 1. The normalized spacial score (nSPS) is 10.8. The maximum Gasteiger partial charge on any atom is 0.222 e. The lowest BCUT2D eigenvalue weighted by Gasteiger charge is -2.23. The molecular weight excluding hydrogens is 366 g/mol. The average Bonchev–Trinajstić information content (AvgIpc) is 3.30. The minimum absolute atomic E-state index is 0.176. The highest BCUT2D eigenvalue weighted by Gasteiger charge is 2.14. The van der Waals surface area contributed by atoms with Crippen molar-refractivity contribution >= 4 is 5.91 Å². The Labute approximate surface area is 171 Å². The van der Waals surface area contributed by atoms with Gasteiger partial charge >= 0.3 is 0 Å². The average molecular weight is 393 g/mol. The fourth-order valence-corrected chi connectivity index (χ4v) is 3.20. The number of hydrogen-bond donors (Lipinski definition) is 1. The van der Waals surface area contributed by atoms with E-state index in [0.717, 1.165) is 35.1 Å². The Morgan fingerprint density at radius 3 is 2.52 bits per heavy atom. The molecule has 1 heterocycles. The van der Waals surface area contributed by atoms with E-state index in [-0.39, 0.29) is 5.91 Å². The van der Waals surface area contributed by atoms with Crippen molar-refractivity contribution in [2.24, 2.45) is 0 Å². The highest BCUT2D eigenvalue weighted by atomic mass is 16.5. The van der Waals surface area contributed by atoms with Gasteiger partial charge < -0.3 is 9.64 Å². The number of rotatable bonds is 10. The molecule has 0 radical (unpaired) electrons. The zero-order valence-corrected chi connectivity index (χ0v) is 17.0. The van der Waals surface area contributed by atoms with Crippen LogP contribution in [0.5, 0.6) is 0 Å². The van der Waals surface area contributed by atoms with Crippen LogP contribution in [0.3, 0.4) is 0 Å². The van der Waals surface area contributed by atoms with Gasteiger partial charge in [-0.2, -0.15) is 5.21 Å². The van der Waals surface area contributed by atoms with Crippen molar-refractivity contribution in [1.29, 1.82) is 0 Å². The standard InChI is InChI=1S/C22H27N5O2/c1-3-4-9-21(28)27(14-15-29-2)16-17-10-12-18(13-11-17)19-7-5-6-8-20(19)22-23-25-26-24-22/h5-8,10-13H,3-4,9,14-16H2,1-2H3,(H,23,24,25,26). The fourth-order valence-electron chi connectivity index (χ4n) is 3.20. The second-order valence-electron chi connectivity index (χ2n) is 6.89. The molecule has 7 nitrogen and oxygen atoms in total. The first kappa shape index (κ1) is 20.7. The van der Waals surface area contributed by atoms with Gasteiger partial charge in [-0.25, -0.2) is 0 Å². The maximum atomic E-state index is 12.5. The molecule has 1 amide bonds. The van der Waals surface area contributed by atoms with Gasteiger partial charge in [0.2, 0.25) is 11.7 Å². The molecule has 3 aromatic rings. The number of aromatic nitrogens is 4. The van der Waals surface area contributed by atoms with Gasteiger partial charge in [0.05, 0.1) is 6.61 Å². The molecule has 0 bridgehead atoms. The molecule has 0 atom stereocenters. The molecule has 1 N–H and O–H groups in total. The van der Waals surface area contributed by atoms with Crippen LogP contribution in [-0.4, -0.2) is 51.7 Å². The van der Waals surface area contributed by atoms with Crippen LogP contribution in [-0.2, 0) is 16.1 Å². The van der Waals surface area contributed by atoms with Gasteiger partial charge in [0.25, 0.3) is 0 Å². The van der Waals surface area contributed by atoms with E-state index in [0.29, 0.717) is 31.9 Å². The lowest BCUT2D eigenvalue weighted by molar-refractivity contribution is -0.132. The van der Waals surface area contributed by atoms with Crippen molar-refractivity contribution in [3.63, 3.8) is 0 Å². The van der Waals surface area contributed by atoms with Gasteiger partial charge in [-0.05, 0) is 28.3 Å². The number of carbonyl (C=O) groups excluding carboxylic acids is 1. The number of methoxy groups -OCH3 is 1. The Morgan fingerprint density at radius 1 is 1.10 bits per heavy atom. The van der Waals surface area contributed by atoms with Gasteiger partial charge in [-0.15, -0.1) is 10.2 Å². The first-order chi connectivity index (χ1) is 14.2. The van der Waals surface area contributed by atoms with E-state index in [1.807, 2.05) is 29.2 Å². The van der Waals surface area contributed by atoms with E-state index in [9.17, 15) is 4.79 Å². The summed E-state index contributed by atoms with van der Waals surface area (Å²) < 4.78 is 5.18. The minimum atomic E-state index is 0.176. The molecule has 0 saturated heterocycles. The Bertz CT molecular complexity index is 894. The number of aromatic amines is 1. The van der Waals surface area contributed by atoms with Gasteiger partial charge in [0.1, 0.15) is 0 Å². The van der Waals surface area contributed by atoms with Crippen molar-refractivity contribution in [1.82, 2.24) is 25.5 Å². The number of ether oxygens (including phenoxy) is 1. The van der Waals surface area contributed by atoms with Crippen LogP contribution in [0.25, 0.3) is 22.5 Å². The molecule has 152 valence electrons. The molecule has 3 rings (SSSR count). The highest BCUT2D eigenvalue weighted by Crippen LogP contribution is 2.29. The van der Waals surface area contributed by atoms with Crippen LogP contribution in [0, 0.1) is 0 Å². The smallest absolute Gasteiger partial charge is 0.222 e. The number of unbranched alkanes of at least 4 members (excludes halogenated alkanes) is 1. The summed E-state index contributed by atoms with van der Waals surface area (Å²) in [6, 6.07) is 16.2. The zero-order chi connectivity index (χ0) is 20.5. The second-order valence-corrected chi connectivity index (χ2v) is 6.89. The predicted octanol–water partition coefficient (Wildman–Crippen LogP) is 3.70. The number of amides is 1. The summed E-state index contributed by atoms with van der Waals surface area (Å²) in [4.78, 5) is 14.4. The van der Waals surface area contributed by atoms with Crippen molar-refractivity contribution in [3.05, 3.63) is 54.1 Å². The van der Waals surface area contributed by atoms with Crippen LogP contribution >= 0.6 is 0 Å². The van der Waals surface area contributed by atoms with Crippen molar-refractivity contribution in [2.75, 3.05) is 20.3 Å². The molecule has 0 aliphatic carbocycles. The van der Waals surface area contributed by atoms with Crippen LogP contribution in [0.15, 0.2) is 48.5 Å². The summed E-state index contributed by atoms with van der Waals surface area (Å²) in [5, 5.41) is 14.4. The lowest BCUT2D eigenvalue weighted by atomic mass is 9.98. The van der Waals surface area contributed by atoms with E-state index in [4.69, 9.17) is 4.74 Å². The summed E-state index contributed by atoms with van der Waals surface area (Å²) in [6.07, 6.45) is 2.50. The third-order valence-electron chi connectivity index (χ3n) is 4.81. The van der Waals surface area contributed by atoms with Gasteiger partial charge in [0.15, 0.2) is 0 Å². The van der Waals surface area contributed by atoms with E-state index >= 15 is 0 Å². The number of nitrogens with zero attached hydrogens (tertiary/aromatic N) is 4. The fraction of sp³-hybridized carbons (Fsp3) is 0.364. The maximum absolute atomic E-state index is 12.5. The molecule has 0 aliphatic rings. The van der Waals surface area contributed by atoms with Crippen LogP contribution in [0.1, 0.15) is 31.7 Å². The van der Waals surface area contributed by atoms with Crippen LogP contribution in [0.4, 0.5) is 0 Å². The Kier molecular flexibility index (Phi) is 7.47. The molecule has 0 unspecified atom stereocenters. The van der Waals surface area contributed by atoms with Gasteiger partial charge in [-0.1, -0.05) is 61.9 Å². The summed E-state index contributed by atoms with van der Waals surface area (Å²) in [5.41, 5.74) is 4.11. The first-order valence-electron chi connectivity index (χ1n) is 9.91. The molecule has 2 aromatic carbocycles. The molecule has 0 fully saturated rings. The molecular formula is C22H27N5O2. The summed E-state index contributed by atoms with van der Waals surface area (Å²) in [5.74, 6) is 0.743. The minimum Gasteiger partial charge on any atom is -0.383 e. The quantitative estimate of drug-likeness (QED) is 0.568. The van der Waals surface area contributed by atoms with Crippen molar-refractivity contribution in [3.8, 4) is 22.5 Å². The van der Waals surface area contributed by atoms with Gasteiger partial charge in [0, 0.05) is 32.2 Å². The van der Waals surface area contributed by atoms with Crippen LogP contribution < -0.4 is 0 Å². The summed E-state index contributed by atoms with van der Waals surface area (Å²) in [6.45, 7) is 3.81.